The van der Waals surface area contributed by atoms with Crippen molar-refractivity contribution in [1.82, 2.24) is 4.57 Å². The first kappa shape index (κ1) is 28.4. The highest BCUT2D eigenvalue weighted by Crippen LogP contribution is 2.55. The summed E-state index contributed by atoms with van der Waals surface area (Å²) in [6.07, 6.45) is 8.38. The van der Waals surface area contributed by atoms with Gasteiger partial charge in [-0.05, 0) is 94.3 Å². The number of nitrogens with zero attached hydrogens (tertiary/aromatic N) is 2. The number of anilines is 2. The molecular weight excluding hydrogens is 593 g/mol. The van der Waals surface area contributed by atoms with E-state index in [0.29, 0.717) is 17.9 Å². The Labute approximate surface area is 288 Å². The molecule has 0 radical (unpaired) electrons. The minimum absolute atomic E-state index is 0.140. The van der Waals surface area contributed by atoms with Crippen LogP contribution >= 0.6 is 0 Å². The van der Waals surface area contributed by atoms with Crippen molar-refractivity contribution in [2.75, 3.05) is 4.90 Å². The molecule has 1 fully saturated rings. The predicted octanol–water partition coefficient (Wildman–Crippen LogP) is 11.9. The van der Waals surface area contributed by atoms with E-state index in [0.717, 1.165) is 6.42 Å². The van der Waals surface area contributed by atoms with Crippen molar-refractivity contribution in [3.8, 4) is 16.8 Å². The van der Waals surface area contributed by atoms with E-state index in [2.05, 4.69) is 187 Å². The molecule has 6 aromatic carbocycles. The zero-order valence-electron chi connectivity index (χ0n) is 27.9. The summed E-state index contributed by atoms with van der Waals surface area (Å²) in [5.74, 6) is 1.11. The Morgan fingerprint density at radius 1 is 0.612 bits per heavy atom. The summed E-state index contributed by atoms with van der Waals surface area (Å²) < 4.78 is 2.44. The van der Waals surface area contributed by atoms with Gasteiger partial charge in [-0.1, -0.05) is 129 Å². The fourth-order valence-electron chi connectivity index (χ4n) is 8.97. The molecule has 10 rings (SSSR count). The molecule has 0 amide bonds. The van der Waals surface area contributed by atoms with Crippen LogP contribution in [0.25, 0.3) is 44.2 Å². The SMILES string of the molecule is CC1(C)c2cc(N(c3ccccc3)C3C4C=CC(c5ccccc5)=CCC43)ccc2-c2ccc(-n3c4ccccc4c4ccccc43)cc21. The standard InChI is InChI=1S/C47H38N2/c1-47(2)42-29-34(48(33-15-7-4-8-16-33)46-40-25-21-32(22-26-41(40)46)31-13-5-3-6-14-31)23-27-36(42)37-28-24-35(30-43(37)47)49-44-19-11-9-17-38(44)39-18-10-12-20-45(39)49/h3-25,27-30,40-41,46H,26H2,1-2H3. The van der Waals surface area contributed by atoms with Crippen molar-refractivity contribution in [2.45, 2.75) is 31.7 Å². The van der Waals surface area contributed by atoms with Crippen LogP contribution in [0.1, 0.15) is 37.0 Å². The zero-order chi connectivity index (χ0) is 32.7. The van der Waals surface area contributed by atoms with E-state index in [1.54, 1.807) is 0 Å². The van der Waals surface area contributed by atoms with Crippen LogP contribution < -0.4 is 4.90 Å². The van der Waals surface area contributed by atoms with E-state index >= 15 is 0 Å². The summed E-state index contributed by atoms with van der Waals surface area (Å²) in [5.41, 5.74) is 14.3. The molecule has 7 aromatic rings. The van der Waals surface area contributed by atoms with Crippen LogP contribution in [0.15, 0.2) is 164 Å². The number of allylic oxidation sites excluding steroid dienone is 3. The number of hydrogen-bond acceptors (Lipinski definition) is 1. The van der Waals surface area contributed by atoms with Gasteiger partial charge in [0.15, 0.2) is 0 Å². The Morgan fingerprint density at radius 2 is 1.22 bits per heavy atom. The average molecular weight is 631 g/mol. The lowest BCUT2D eigenvalue weighted by atomic mass is 9.82. The van der Waals surface area contributed by atoms with Crippen molar-refractivity contribution in [3.63, 3.8) is 0 Å². The van der Waals surface area contributed by atoms with Gasteiger partial charge < -0.3 is 9.47 Å². The van der Waals surface area contributed by atoms with E-state index in [1.807, 2.05) is 0 Å². The van der Waals surface area contributed by atoms with E-state index < -0.39 is 0 Å². The van der Waals surface area contributed by atoms with Crippen LogP contribution in [0.5, 0.6) is 0 Å². The summed E-state index contributed by atoms with van der Waals surface area (Å²) in [4.78, 5) is 2.63. The largest absolute Gasteiger partial charge is 0.337 e. The van der Waals surface area contributed by atoms with Crippen LogP contribution in [0, 0.1) is 11.8 Å². The van der Waals surface area contributed by atoms with Crippen molar-refractivity contribution >= 4 is 38.8 Å². The highest BCUT2D eigenvalue weighted by molar-refractivity contribution is 6.09. The summed E-state index contributed by atoms with van der Waals surface area (Å²) in [7, 11) is 0. The molecule has 2 heteroatoms. The van der Waals surface area contributed by atoms with Gasteiger partial charge in [-0.25, -0.2) is 0 Å². The lowest BCUT2D eigenvalue weighted by Crippen LogP contribution is -2.23. The molecule has 2 nitrogen and oxygen atoms in total. The van der Waals surface area contributed by atoms with Crippen LogP contribution in [-0.2, 0) is 5.41 Å². The first-order valence-electron chi connectivity index (χ1n) is 17.6. The minimum Gasteiger partial charge on any atom is -0.337 e. The van der Waals surface area contributed by atoms with Crippen LogP contribution in [0.2, 0.25) is 0 Å². The molecule has 0 aliphatic heterocycles. The second-order valence-electron chi connectivity index (χ2n) is 14.5. The van der Waals surface area contributed by atoms with E-state index in [1.165, 1.54) is 72.3 Å². The molecule has 236 valence electrons. The van der Waals surface area contributed by atoms with Crippen molar-refractivity contribution < 1.29 is 0 Å². The Bertz CT molecular complexity index is 2410. The molecule has 0 spiro atoms. The lowest BCUT2D eigenvalue weighted by molar-refractivity contribution is 0.659. The summed E-state index contributed by atoms with van der Waals surface area (Å²) in [5, 5.41) is 2.59. The van der Waals surface area contributed by atoms with Crippen LogP contribution in [0.3, 0.4) is 0 Å². The zero-order valence-corrected chi connectivity index (χ0v) is 27.9. The maximum absolute atomic E-state index is 2.63. The topological polar surface area (TPSA) is 8.17 Å². The predicted molar refractivity (Wildman–Crippen MR) is 206 cm³/mol. The summed E-state index contributed by atoms with van der Waals surface area (Å²) in [6, 6.07) is 54.2. The second-order valence-corrected chi connectivity index (χ2v) is 14.5. The molecule has 3 aliphatic carbocycles. The fourth-order valence-corrected chi connectivity index (χ4v) is 8.97. The molecule has 1 aromatic heterocycles. The molecule has 49 heavy (non-hydrogen) atoms. The monoisotopic (exact) mass is 630 g/mol. The number of fused-ring (bicyclic) bond motifs is 7. The number of rotatable bonds is 5. The van der Waals surface area contributed by atoms with E-state index in [9.17, 15) is 0 Å². The summed E-state index contributed by atoms with van der Waals surface area (Å²) in [6.45, 7) is 4.81. The van der Waals surface area contributed by atoms with Crippen molar-refractivity contribution in [3.05, 3.63) is 181 Å². The van der Waals surface area contributed by atoms with Gasteiger partial charge in [0.25, 0.3) is 0 Å². The molecule has 1 heterocycles. The molecule has 0 N–H and O–H groups in total. The first-order chi connectivity index (χ1) is 24.1. The van der Waals surface area contributed by atoms with Gasteiger partial charge in [-0.3, -0.25) is 0 Å². The molecule has 3 aliphatic rings. The summed E-state index contributed by atoms with van der Waals surface area (Å²) >= 11 is 0. The molecule has 1 saturated carbocycles. The number of para-hydroxylation sites is 3. The molecule has 0 bridgehead atoms. The maximum Gasteiger partial charge on any atom is 0.0541 e. The quantitative estimate of drug-likeness (QED) is 0.184. The molecule has 0 saturated heterocycles. The van der Waals surface area contributed by atoms with E-state index in [-0.39, 0.29) is 5.41 Å². The third kappa shape index (κ3) is 4.33. The highest BCUT2D eigenvalue weighted by Gasteiger charge is 2.52. The Hall–Kier alpha value is -5.60. The second kappa shape index (κ2) is 10.7. The Kier molecular flexibility index (Phi) is 6.21. The Balaban J connectivity index is 1.04. The Morgan fingerprint density at radius 3 is 1.94 bits per heavy atom. The number of hydrogen-bond donors (Lipinski definition) is 0. The fraction of sp³-hybridized carbons (Fsp3) is 0.149. The van der Waals surface area contributed by atoms with Crippen LogP contribution in [-0.4, -0.2) is 10.6 Å². The minimum atomic E-state index is -0.140. The third-order valence-corrected chi connectivity index (χ3v) is 11.5. The average Bonchev–Trinajstić information content (AvgIpc) is 3.72. The normalized spacial score (nSPS) is 20.0. The number of benzene rings is 6. The smallest absolute Gasteiger partial charge is 0.0541 e. The van der Waals surface area contributed by atoms with Gasteiger partial charge in [-0.15, -0.1) is 0 Å². The van der Waals surface area contributed by atoms with Gasteiger partial charge in [0.1, 0.15) is 0 Å². The van der Waals surface area contributed by atoms with Gasteiger partial charge in [0.2, 0.25) is 0 Å². The highest BCUT2D eigenvalue weighted by atomic mass is 15.2. The third-order valence-electron chi connectivity index (χ3n) is 11.5. The van der Waals surface area contributed by atoms with Gasteiger partial charge in [0.05, 0.1) is 11.0 Å². The first-order valence-corrected chi connectivity index (χ1v) is 17.6. The molecule has 3 atom stereocenters. The lowest BCUT2D eigenvalue weighted by Gasteiger charge is -2.29. The molecular formula is C47H38N2. The van der Waals surface area contributed by atoms with Crippen LogP contribution in [0.4, 0.5) is 11.4 Å². The van der Waals surface area contributed by atoms with Gasteiger partial charge in [-0.2, -0.15) is 0 Å². The van der Waals surface area contributed by atoms with Crippen molar-refractivity contribution in [1.29, 1.82) is 0 Å². The van der Waals surface area contributed by atoms with Gasteiger partial charge in [0, 0.05) is 45.2 Å². The van der Waals surface area contributed by atoms with E-state index in [4.69, 9.17) is 0 Å². The number of aromatic nitrogens is 1. The van der Waals surface area contributed by atoms with Gasteiger partial charge >= 0.3 is 0 Å². The molecule has 3 unspecified atom stereocenters. The maximum atomic E-state index is 2.63. The van der Waals surface area contributed by atoms with Crippen molar-refractivity contribution in [2.24, 2.45) is 11.8 Å².